The van der Waals surface area contributed by atoms with Crippen molar-refractivity contribution in [2.75, 3.05) is 33.5 Å². The van der Waals surface area contributed by atoms with Gasteiger partial charge in [-0.2, -0.15) is 0 Å². The third kappa shape index (κ3) is 4.27. The molecule has 0 atom stereocenters. The fourth-order valence-electron chi connectivity index (χ4n) is 3.93. The van der Waals surface area contributed by atoms with E-state index in [-0.39, 0.29) is 11.9 Å². The second-order valence-corrected chi connectivity index (χ2v) is 7.35. The predicted molar refractivity (Wildman–Crippen MR) is 117 cm³/mol. The van der Waals surface area contributed by atoms with Crippen LogP contribution in [0.2, 0.25) is 0 Å². The summed E-state index contributed by atoms with van der Waals surface area (Å²) >= 11 is 0. The first kappa shape index (κ1) is 20.9. The highest BCUT2D eigenvalue weighted by Gasteiger charge is 2.27. The smallest absolute Gasteiger partial charge is 0.337 e. The topological polar surface area (TPSA) is 80.9 Å². The number of amides is 1. The molecule has 4 rings (SSSR count). The Labute approximate surface area is 180 Å². The van der Waals surface area contributed by atoms with Crippen LogP contribution in [0.1, 0.15) is 38.9 Å². The van der Waals surface area contributed by atoms with Crippen LogP contribution in [-0.2, 0) is 22.4 Å². The van der Waals surface area contributed by atoms with Gasteiger partial charge >= 0.3 is 5.97 Å². The van der Waals surface area contributed by atoms with Crippen LogP contribution < -0.4 is 4.74 Å². The quantitative estimate of drug-likeness (QED) is 0.465. The summed E-state index contributed by atoms with van der Waals surface area (Å²) in [4.78, 5) is 30.5. The lowest BCUT2D eigenvalue weighted by Gasteiger charge is -2.28. The summed E-state index contributed by atoms with van der Waals surface area (Å²) in [6.07, 6.45) is 0.719. The van der Waals surface area contributed by atoms with Crippen molar-refractivity contribution in [1.29, 1.82) is 0 Å². The van der Waals surface area contributed by atoms with Gasteiger partial charge in [0, 0.05) is 48.3 Å². The van der Waals surface area contributed by atoms with E-state index in [0.29, 0.717) is 49.8 Å². The Kier molecular flexibility index (Phi) is 6.23. The SMILES string of the molecule is CCOCCOc1ccccc1C(=O)N1CCc2[nH]c3ccc(C(=O)OC)cc3c2C1. The van der Waals surface area contributed by atoms with Crippen LogP contribution in [0.3, 0.4) is 0 Å². The summed E-state index contributed by atoms with van der Waals surface area (Å²) < 4.78 is 16.0. The molecule has 0 aliphatic carbocycles. The first-order valence-corrected chi connectivity index (χ1v) is 10.4. The molecular formula is C24H26N2O5. The number of nitrogens with zero attached hydrogens (tertiary/aromatic N) is 1. The van der Waals surface area contributed by atoms with Crippen LogP contribution in [0.15, 0.2) is 42.5 Å². The lowest BCUT2D eigenvalue weighted by Crippen LogP contribution is -2.36. The minimum Gasteiger partial charge on any atom is -0.490 e. The van der Waals surface area contributed by atoms with Crippen molar-refractivity contribution < 1.29 is 23.8 Å². The second kappa shape index (κ2) is 9.22. The Morgan fingerprint density at radius 3 is 2.77 bits per heavy atom. The Balaban J connectivity index is 1.57. The van der Waals surface area contributed by atoms with E-state index >= 15 is 0 Å². The molecule has 31 heavy (non-hydrogen) atoms. The molecule has 0 saturated heterocycles. The van der Waals surface area contributed by atoms with E-state index in [9.17, 15) is 9.59 Å². The highest BCUT2D eigenvalue weighted by atomic mass is 16.5. The molecule has 1 aliphatic heterocycles. The van der Waals surface area contributed by atoms with Crippen molar-refractivity contribution in [3.63, 3.8) is 0 Å². The fraction of sp³-hybridized carbons (Fsp3) is 0.333. The molecule has 0 radical (unpaired) electrons. The lowest BCUT2D eigenvalue weighted by molar-refractivity contribution is 0.0600. The van der Waals surface area contributed by atoms with Crippen LogP contribution in [-0.4, -0.2) is 55.2 Å². The zero-order valence-electron chi connectivity index (χ0n) is 17.8. The molecule has 1 aromatic heterocycles. The summed E-state index contributed by atoms with van der Waals surface area (Å²) in [5, 5.41) is 0.941. The number of hydrogen-bond acceptors (Lipinski definition) is 5. The van der Waals surface area contributed by atoms with E-state index in [4.69, 9.17) is 14.2 Å². The number of benzene rings is 2. The Morgan fingerprint density at radius 2 is 1.97 bits per heavy atom. The molecule has 0 saturated carbocycles. The maximum absolute atomic E-state index is 13.3. The van der Waals surface area contributed by atoms with E-state index in [0.717, 1.165) is 28.6 Å². The number of aromatic amines is 1. The van der Waals surface area contributed by atoms with Crippen LogP contribution in [0.25, 0.3) is 10.9 Å². The molecule has 0 unspecified atom stereocenters. The zero-order chi connectivity index (χ0) is 21.8. The average molecular weight is 422 g/mol. The third-order valence-corrected chi connectivity index (χ3v) is 5.49. The van der Waals surface area contributed by atoms with E-state index in [1.54, 1.807) is 12.1 Å². The second-order valence-electron chi connectivity index (χ2n) is 7.35. The number of esters is 1. The highest BCUT2D eigenvalue weighted by molar-refractivity contribution is 5.98. The Bertz CT molecular complexity index is 1100. The maximum atomic E-state index is 13.3. The maximum Gasteiger partial charge on any atom is 0.337 e. The van der Waals surface area contributed by atoms with Gasteiger partial charge in [0.1, 0.15) is 12.4 Å². The van der Waals surface area contributed by atoms with Gasteiger partial charge in [0.15, 0.2) is 0 Å². The number of ether oxygens (including phenoxy) is 3. The van der Waals surface area contributed by atoms with Crippen molar-refractivity contribution in [2.24, 2.45) is 0 Å². The summed E-state index contributed by atoms with van der Waals surface area (Å²) in [5.41, 5.74) is 4.12. The minimum atomic E-state index is -0.376. The number of carbonyl (C=O) groups is 2. The summed E-state index contributed by atoms with van der Waals surface area (Å²) in [6, 6.07) is 12.8. The first-order valence-electron chi connectivity index (χ1n) is 10.4. The average Bonchev–Trinajstić information content (AvgIpc) is 3.18. The number of aromatic nitrogens is 1. The summed E-state index contributed by atoms with van der Waals surface area (Å²) in [7, 11) is 1.37. The van der Waals surface area contributed by atoms with E-state index < -0.39 is 0 Å². The van der Waals surface area contributed by atoms with E-state index in [2.05, 4.69) is 4.98 Å². The molecule has 0 bridgehead atoms. The fourth-order valence-corrected chi connectivity index (χ4v) is 3.93. The number of fused-ring (bicyclic) bond motifs is 3. The molecule has 2 aromatic carbocycles. The van der Waals surface area contributed by atoms with Gasteiger partial charge in [-0.1, -0.05) is 12.1 Å². The van der Waals surface area contributed by atoms with Crippen molar-refractivity contribution in [3.8, 4) is 5.75 Å². The molecule has 0 spiro atoms. The summed E-state index contributed by atoms with van der Waals surface area (Å²) in [6.45, 7) is 4.50. The predicted octanol–water partition coefficient (Wildman–Crippen LogP) is 3.57. The molecule has 7 nitrogen and oxygen atoms in total. The zero-order valence-corrected chi connectivity index (χ0v) is 17.8. The van der Waals surface area contributed by atoms with Gasteiger partial charge in [-0.05, 0) is 37.3 Å². The molecule has 2 heterocycles. The standard InChI is InChI=1S/C24H26N2O5/c1-3-30-12-13-31-22-7-5-4-6-17(22)23(27)26-11-10-21-19(15-26)18-14-16(24(28)29-2)8-9-20(18)25-21/h4-9,14,25H,3,10-13,15H2,1-2H3. The van der Waals surface area contributed by atoms with Gasteiger partial charge in [0.2, 0.25) is 0 Å². The van der Waals surface area contributed by atoms with Gasteiger partial charge < -0.3 is 24.1 Å². The van der Waals surface area contributed by atoms with Crippen molar-refractivity contribution in [3.05, 3.63) is 64.8 Å². The van der Waals surface area contributed by atoms with E-state index in [1.165, 1.54) is 7.11 Å². The van der Waals surface area contributed by atoms with Crippen molar-refractivity contribution in [1.82, 2.24) is 9.88 Å². The van der Waals surface area contributed by atoms with Crippen LogP contribution in [0.4, 0.5) is 0 Å². The van der Waals surface area contributed by atoms with Crippen LogP contribution in [0, 0.1) is 0 Å². The molecule has 1 aliphatic rings. The van der Waals surface area contributed by atoms with Gasteiger partial charge in [-0.3, -0.25) is 4.79 Å². The first-order chi connectivity index (χ1) is 15.1. The molecule has 7 heteroatoms. The highest BCUT2D eigenvalue weighted by Crippen LogP contribution is 2.30. The number of carbonyl (C=O) groups excluding carboxylic acids is 2. The molecule has 1 amide bonds. The largest absolute Gasteiger partial charge is 0.490 e. The van der Waals surface area contributed by atoms with Crippen LogP contribution in [0.5, 0.6) is 5.75 Å². The van der Waals surface area contributed by atoms with Gasteiger partial charge in [-0.25, -0.2) is 4.79 Å². The number of H-pyrrole nitrogens is 1. The Hall–Kier alpha value is -3.32. The number of methoxy groups -OCH3 is 1. The Morgan fingerprint density at radius 1 is 1.13 bits per heavy atom. The normalized spacial score (nSPS) is 13.2. The monoisotopic (exact) mass is 422 g/mol. The third-order valence-electron chi connectivity index (χ3n) is 5.49. The number of rotatable bonds is 7. The molecule has 0 fully saturated rings. The number of hydrogen-bond donors (Lipinski definition) is 1. The molecular weight excluding hydrogens is 396 g/mol. The lowest BCUT2D eigenvalue weighted by atomic mass is 10.0. The van der Waals surface area contributed by atoms with Crippen LogP contribution >= 0.6 is 0 Å². The van der Waals surface area contributed by atoms with Gasteiger partial charge in [-0.15, -0.1) is 0 Å². The summed E-state index contributed by atoms with van der Waals surface area (Å²) in [5.74, 6) is 0.111. The van der Waals surface area contributed by atoms with Gasteiger partial charge in [0.05, 0.1) is 24.8 Å². The van der Waals surface area contributed by atoms with Crippen molar-refractivity contribution >= 4 is 22.8 Å². The number of para-hydroxylation sites is 1. The molecule has 1 N–H and O–H groups in total. The minimum absolute atomic E-state index is 0.0730. The number of nitrogens with one attached hydrogen (secondary N) is 1. The van der Waals surface area contributed by atoms with Gasteiger partial charge in [0.25, 0.3) is 5.91 Å². The molecule has 3 aromatic rings. The van der Waals surface area contributed by atoms with Crippen molar-refractivity contribution in [2.45, 2.75) is 19.9 Å². The van der Waals surface area contributed by atoms with E-state index in [1.807, 2.05) is 42.2 Å². The molecule has 162 valence electrons.